The molecule has 0 radical (unpaired) electrons. The average Bonchev–Trinajstić information content (AvgIpc) is 2.68. The Morgan fingerprint density at radius 1 is 1.53 bits per heavy atom. The van der Waals surface area contributed by atoms with Gasteiger partial charge in [0.2, 0.25) is 0 Å². The maximum atomic E-state index is 11.0. The standard InChI is InChI=1S/C13H19N3O3/c1-9-6-15(8-11(9)14)7-10-3-4-13(19-2)12(5-10)16(17)18/h3-5,9,11H,6-8,14H2,1-2H3. The summed E-state index contributed by atoms with van der Waals surface area (Å²) in [5.74, 6) is 0.758. The SMILES string of the molecule is COc1ccc(CN2CC(C)C(N)C2)cc1[N+](=O)[O-]. The Kier molecular flexibility index (Phi) is 4.01. The molecule has 1 aliphatic rings. The van der Waals surface area contributed by atoms with E-state index in [0.717, 1.165) is 18.7 Å². The van der Waals surface area contributed by atoms with Crippen LogP contribution in [-0.2, 0) is 6.54 Å². The van der Waals surface area contributed by atoms with Crippen LogP contribution in [0.4, 0.5) is 5.69 Å². The molecule has 2 atom stereocenters. The van der Waals surface area contributed by atoms with Crippen molar-refractivity contribution < 1.29 is 9.66 Å². The van der Waals surface area contributed by atoms with E-state index in [9.17, 15) is 10.1 Å². The zero-order chi connectivity index (χ0) is 14.0. The van der Waals surface area contributed by atoms with Crippen molar-refractivity contribution in [2.45, 2.75) is 19.5 Å². The molecule has 0 spiro atoms. The summed E-state index contributed by atoms with van der Waals surface area (Å²) in [6, 6.07) is 5.27. The third kappa shape index (κ3) is 3.02. The average molecular weight is 265 g/mol. The van der Waals surface area contributed by atoms with Crippen molar-refractivity contribution in [3.05, 3.63) is 33.9 Å². The highest BCUT2D eigenvalue weighted by molar-refractivity contribution is 5.48. The number of nitro benzene ring substituents is 1. The summed E-state index contributed by atoms with van der Waals surface area (Å²) in [5.41, 5.74) is 6.90. The number of nitro groups is 1. The summed E-state index contributed by atoms with van der Waals surface area (Å²) >= 11 is 0. The van der Waals surface area contributed by atoms with Crippen LogP contribution in [0.25, 0.3) is 0 Å². The minimum atomic E-state index is -0.416. The molecule has 19 heavy (non-hydrogen) atoms. The van der Waals surface area contributed by atoms with Crippen LogP contribution in [0.5, 0.6) is 5.75 Å². The second kappa shape index (κ2) is 5.54. The zero-order valence-electron chi connectivity index (χ0n) is 11.2. The fourth-order valence-corrected chi connectivity index (χ4v) is 2.46. The number of rotatable bonds is 4. The Labute approximate surface area is 112 Å². The molecule has 1 fully saturated rings. The Bertz CT molecular complexity index is 468. The number of hydrogen-bond donors (Lipinski definition) is 1. The molecule has 104 valence electrons. The van der Waals surface area contributed by atoms with Crippen molar-refractivity contribution >= 4 is 5.69 Å². The lowest BCUT2D eigenvalue weighted by Crippen LogP contribution is -2.28. The number of benzene rings is 1. The van der Waals surface area contributed by atoms with Crippen LogP contribution < -0.4 is 10.5 Å². The van der Waals surface area contributed by atoms with Gasteiger partial charge in [-0.3, -0.25) is 15.0 Å². The second-order valence-electron chi connectivity index (χ2n) is 5.10. The lowest BCUT2D eigenvalue weighted by atomic mass is 10.1. The molecule has 1 aromatic carbocycles. The van der Waals surface area contributed by atoms with Gasteiger partial charge in [0, 0.05) is 31.7 Å². The van der Waals surface area contributed by atoms with E-state index in [0.29, 0.717) is 18.2 Å². The summed E-state index contributed by atoms with van der Waals surface area (Å²) in [6.07, 6.45) is 0. The van der Waals surface area contributed by atoms with Crippen LogP contribution >= 0.6 is 0 Å². The molecule has 1 saturated heterocycles. The van der Waals surface area contributed by atoms with E-state index >= 15 is 0 Å². The maximum Gasteiger partial charge on any atom is 0.311 e. The smallest absolute Gasteiger partial charge is 0.311 e. The lowest BCUT2D eigenvalue weighted by Gasteiger charge is -2.15. The number of ether oxygens (including phenoxy) is 1. The van der Waals surface area contributed by atoms with E-state index in [4.69, 9.17) is 10.5 Å². The first-order valence-electron chi connectivity index (χ1n) is 6.30. The summed E-state index contributed by atoms with van der Waals surface area (Å²) in [6.45, 7) is 4.58. The predicted molar refractivity (Wildman–Crippen MR) is 72.1 cm³/mol. The molecule has 0 aliphatic carbocycles. The molecule has 2 unspecified atom stereocenters. The van der Waals surface area contributed by atoms with E-state index < -0.39 is 4.92 Å². The predicted octanol–water partition coefficient (Wildman–Crippen LogP) is 1.38. The van der Waals surface area contributed by atoms with Crippen molar-refractivity contribution in [2.24, 2.45) is 11.7 Å². The largest absolute Gasteiger partial charge is 0.490 e. The first-order chi connectivity index (χ1) is 9.01. The molecule has 1 aromatic rings. The van der Waals surface area contributed by atoms with Gasteiger partial charge >= 0.3 is 5.69 Å². The van der Waals surface area contributed by atoms with Gasteiger partial charge in [-0.15, -0.1) is 0 Å². The van der Waals surface area contributed by atoms with E-state index in [2.05, 4.69) is 11.8 Å². The monoisotopic (exact) mass is 265 g/mol. The highest BCUT2D eigenvalue weighted by Crippen LogP contribution is 2.28. The maximum absolute atomic E-state index is 11.0. The number of nitrogens with zero attached hydrogens (tertiary/aromatic N) is 2. The van der Waals surface area contributed by atoms with Gasteiger partial charge in [0.05, 0.1) is 12.0 Å². The molecule has 1 heterocycles. The third-order valence-electron chi connectivity index (χ3n) is 3.59. The van der Waals surface area contributed by atoms with Gasteiger partial charge in [-0.2, -0.15) is 0 Å². The van der Waals surface area contributed by atoms with Gasteiger partial charge in [-0.1, -0.05) is 13.0 Å². The van der Waals surface area contributed by atoms with Crippen LogP contribution in [-0.4, -0.2) is 36.1 Å². The van der Waals surface area contributed by atoms with Crippen LogP contribution in [0.1, 0.15) is 12.5 Å². The molecule has 0 amide bonds. The summed E-state index contributed by atoms with van der Waals surface area (Å²) < 4.78 is 4.99. The molecule has 0 aromatic heterocycles. The van der Waals surface area contributed by atoms with Crippen LogP contribution in [0, 0.1) is 16.0 Å². The minimum Gasteiger partial charge on any atom is -0.490 e. The summed E-state index contributed by atoms with van der Waals surface area (Å²) in [5, 5.41) is 11.0. The molecular formula is C13H19N3O3. The van der Waals surface area contributed by atoms with Crippen molar-refractivity contribution in [3.8, 4) is 5.75 Å². The fraction of sp³-hybridized carbons (Fsp3) is 0.538. The molecule has 2 rings (SSSR count). The zero-order valence-corrected chi connectivity index (χ0v) is 11.2. The number of likely N-dealkylation sites (tertiary alicyclic amines) is 1. The van der Waals surface area contributed by atoms with Crippen LogP contribution in [0.15, 0.2) is 18.2 Å². The lowest BCUT2D eigenvalue weighted by molar-refractivity contribution is -0.385. The number of hydrogen-bond acceptors (Lipinski definition) is 5. The summed E-state index contributed by atoms with van der Waals surface area (Å²) in [4.78, 5) is 12.8. The van der Waals surface area contributed by atoms with Gasteiger partial charge in [0.15, 0.2) is 5.75 Å². The van der Waals surface area contributed by atoms with Crippen LogP contribution in [0.3, 0.4) is 0 Å². The van der Waals surface area contributed by atoms with Crippen molar-refractivity contribution in [1.82, 2.24) is 4.90 Å². The molecule has 0 bridgehead atoms. The van der Waals surface area contributed by atoms with E-state index in [1.807, 2.05) is 6.07 Å². The quantitative estimate of drug-likeness (QED) is 0.657. The Balaban J connectivity index is 2.13. The molecule has 0 saturated carbocycles. The molecule has 2 N–H and O–H groups in total. The van der Waals surface area contributed by atoms with E-state index in [-0.39, 0.29) is 11.7 Å². The van der Waals surface area contributed by atoms with Crippen molar-refractivity contribution in [2.75, 3.05) is 20.2 Å². The van der Waals surface area contributed by atoms with E-state index in [1.54, 1.807) is 12.1 Å². The Hall–Kier alpha value is -1.66. The van der Waals surface area contributed by atoms with Crippen LogP contribution in [0.2, 0.25) is 0 Å². The first kappa shape index (κ1) is 13.8. The second-order valence-corrected chi connectivity index (χ2v) is 5.10. The fourth-order valence-electron chi connectivity index (χ4n) is 2.46. The Morgan fingerprint density at radius 3 is 2.79 bits per heavy atom. The van der Waals surface area contributed by atoms with Gasteiger partial charge in [-0.05, 0) is 17.5 Å². The van der Waals surface area contributed by atoms with Crippen molar-refractivity contribution in [1.29, 1.82) is 0 Å². The minimum absolute atomic E-state index is 0.0107. The van der Waals surface area contributed by atoms with Crippen molar-refractivity contribution in [3.63, 3.8) is 0 Å². The Morgan fingerprint density at radius 2 is 2.26 bits per heavy atom. The van der Waals surface area contributed by atoms with Gasteiger partial charge < -0.3 is 10.5 Å². The highest BCUT2D eigenvalue weighted by atomic mass is 16.6. The normalized spacial score (nSPS) is 23.5. The topological polar surface area (TPSA) is 81.6 Å². The highest BCUT2D eigenvalue weighted by Gasteiger charge is 2.26. The molecule has 1 aliphatic heterocycles. The molecule has 6 nitrogen and oxygen atoms in total. The van der Waals surface area contributed by atoms with Gasteiger partial charge in [0.1, 0.15) is 0 Å². The molecular weight excluding hydrogens is 246 g/mol. The third-order valence-corrected chi connectivity index (χ3v) is 3.59. The van der Waals surface area contributed by atoms with E-state index in [1.165, 1.54) is 7.11 Å². The van der Waals surface area contributed by atoms with Gasteiger partial charge in [0.25, 0.3) is 0 Å². The van der Waals surface area contributed by atoms with Gasteiger partial charge in [-0.25, -0.2) is 0 Å². The first-order valence-corrected chi connectivity index (χ1v) is 6.30. The number of methoxy groups -OCH3 is 1. The summed E-state index contributed by atoms with van der Waals surface area (Å²) in [7, 11) is 1.43. The molecule has 6 heteroatoms. The number of nitrogens with two attached hydrogens (primary N) is 1.